The van der Waals surface area contributed by atoms with Gasteiger partial charge in [0.05, 0.1) is 10.6 Å². The van der Waals surface area contributed by atoms with Gasteiger partial charge in [0.15, 0.2) is 0 Å². The normalized spacial score (nSPS) is 14.4. The summed E-state index contributed by atoms with van der Waals surface area (Å²) in [6.07, 6.45) is 2.62. The lowest BCUT2D eigenvalue weighted by Gasteiger charge is -2.30. The molecule has 0 aromatic heterocycles. The van der Waals surface area contributed by atoms with Gasteiger partial charge in [-0.3, -0.25) is 19.4 Å². The molecule has 0 fully saturated rings. The number of hydrogen-bond acceptors (Lipinski definition) is 4. The zero-order chi connectivity index (χ0) is 26.2. The molecule has 7 heteroatoms. The van der Waals surface area contributed by atoms with Crippen molar-refractivity contribution in [3.8, 4) is 0 Å². The van der Waals surface area contributed by atoms with E-state index in [0.717, 1.165) is 35.7 Å². The van der Waals surface area contributed by atoms with Gasteiger partial charge < -0.3 is 5.32 Å². The van der Waals surface area contributed by atoms with E-state index >= 15 is 0 Å². The van der Waals surface area contributed by atoms with E-state index in [-0.39, 0.29) is 18.4 Å². The third-order valence-corrected chi connectivity index (χ3v) is 7.65. The molecule has 0 atom stereocenters. The number of rotatable bonds is 10. The molecule has 1 heterocycles. The number of fused-ring (bicyclic) bond motifs is 1. The molecule has 1 aliphatic heterocycles. The van der Waals surface area contributed by atoms with Gasteiger partial charge in [-0.2, -0.15) is 0 Å². The molecule has 1 aliphatic rings. The highest BCUT2D eigenvalue weighted by molar-refractivity contribution is 8.04. The highest BCUT2D eigenvalue weighted by Crippen LogP contribution is 2.42. The summed E-state index contributed by atoms with van der Waals surface area (Å²) in [7, 11) is 0. The minimum atomic E-state index is -0.201. The van der Waals surface area contributed by atoms with E-state index in [1.165, 1.54) is 17.3 Å². The van der Waals surface area contributed by atoms with Crippen LogP contribution in [0.4, 0.5) is 5.69 Å². The standard InChI is InChI=1S/C30H32ClN3O2S/c1-22(2)33(20-23-11-4-3-5-12-23)18-10-17-32-29(35)21-34-26-15-8-9-16-27(26)37-28(30(34)36)19-24-13-6-7-14-25(24)31/h3-9,11-16,19,22H,10,17-18,20-21H2,1-2H3,(H,32,35)/b28-19+. The Kier molecular flexibility index (Phi) is 9.45. The number of nitrogens with one attached hydrogen (secondary N) is 1. The monoisotopic (exact) mass is 533 g/mol. The highest BCUT2D eigenvalue weighted by Gasteiger charge is 2.30. The quantitative estimate of drug-likeness (QED) is 0.248. The number of halogens is 1. The lowest BCUT2D eigenvalue weighted by Crippen LogP contribution is -2.43. The summed E-state index contributed by atoms with van der Waals surface area (Å²) in [4.78, 5) is 31.7. The molecule has 5 nitrogen and oxygen atoms in total. The van der Waals surface area contributed by atoms with Crippen molar-refractivity contribution >= 4 is 46.9 Å². The molecule has 0 aliphatic carbocycles. The summed E-state index contributed by atoms with van der Waals surface area (Å²) in [6.45, 7) is 6.65. The van der Waals surface area contributed by atoms with Crippen LogP contribution in [0.2, 0.25) is 5.02 Å². The van der Waals surface area contributed by atoms with Crippen LogP contribution in [0.5, 0.6) is 0 Å². The van der Waals surface area contributed by atoms with E-state index in [9.17, 15) is 9.59 Å². The maximum absolute atomic E-state index is 13.4. The summed E-state index contributed by atoms with van der Waals surface area (Å²) in [5, 5.41) is 3.58. The number of carbonyl (C=O) groups excluding carboxylic acids is 2. The van der Waals surface area contributed by atoms with Crippen LogP contribution in [0.3, 0.4) is 0 Å². The Hall–Kier alpha value is -3.06. The van der Waals surface area contributed by atoms with Gasteiger partial charge in [0.1, 0.15) is 6.54 Å². The Morgan fingerprint density at radius 1 is 1.03 bits per heavy atom. The van der Waals surface area contributed by atoms with Gasteiger partial charge in [0.25, 0.3) is 5.91 Å². The third kappa shape index (κ3) is 7.25. The minimum Gasteiger partial charge on any atom is -0.355 e. The first-order chi connectivity index (χ1) is 17.9. The molecule has 2 amide bonds. The number of anilines is 1. The molecule has 3 aromatic rings. The molecule has 4 rings (SSSR count). The molecule has 0 unspecified atom stereocenters. The summed E-state index contributed by atoms with van der Waals surface area (Å²) >= 11 is 7.73. The second-order valence-corrected chi connectivity index (χ2v) is 10.7. The van der Waals surface area contributed by atoms with Crippen LogP contribution in [0.15, 0.2) is 88.7 Å². The van der Waals surface area contributed by atoms with E-state index in [1.54, 1.807) is 17.0 Å². The largest absolute Gasteiger partial charge is 0.355 e. The topological polar surface area (TPSA) is 52.7 Å². The van der Waals surface area contributed by atoms with Crippen molar-refractivity contribution < 1.29 is 9.59 Å². The Balaban J connectivity index is 1.37. The molecule has 3 aromatic carbocycles. The van der Waals surface area contributed by atoms with Gasteiger partial charge >= 0.3 is 0 Å². The molecule has 0 saturated heterocycles. The fourth-order valence-corrected chi connectivity index (χ4v) is 5.44. The SMILES string of the molecule is CC(C)N(CCCNC(=O)CN1C(=O)/C(=C\c2ccccc2Cl)Sc2ccccc21)Cc1ccccc1. The van der Waals surface area contributed by atoms with E-state index in [4.69, 9.17) is 11.6 Å². The molecule has 0 radical (unpaired) electrons. The van der Waals surface area contributed by atoms with Gasteiger partial charge in [-0.05, 0) is 55.7 Å². The van der Waals surface area contributed by atoms with Crippen molar-refractivity contribution in [2.24, 2.45) is 0 Å². The van der Waals surface area contributed by atoms with Crippen LogP contribution in [-0.2, 0) is 16.1 Å². The Bertz CT molecular complexity index is 1260. The lowest BCUT2D eigenvalue weighted by molar-refractivity contribution is -0.122. The van der Waals surface area contributed by atoms with Gasteiger partial charge in [-0.1, -0.05) is 84.0 Å². The predicted octanol–water partition coefficient (Wildman–Crippen LogP) is 6.24. The average Bonchev–Trinajstić information content (AvgIpc) is 2.90. The second-order valence-electron chi connectivity index (χ2n) is 9.24. The van der Waals surface area contributed by atoms with Crippen molar-refractivity contribution in [2.45, 2.75) is 37.8 Å². The van der Waals surface area contributed by atoms with Gasteiger partial charge in [-0.25, -0.2) is 0 Å². The summed E-state index contributed by atoms with van der Waals surface area (Å²) < 4.78 is 0. The van der Waals surface area contributed by atoms with E-state index in [1.807, 2.05) is 48.5 Å². The molecule has 192 valence electrons. The molecule has 1 N–H and O–H groups in total. The van der Waals surface area contributed by atoms with Crippen LogP contribution in [0, 0.1) is 0 Å². The van der Waals surface area contributed by atoms with Crippen LogP contribution >= 0.6 is 23.4 Å². The number of hydrogen-bond donors (Lipinski definition) is 1. The third-order valence-electron chi connectivity index (χ3n) is 6.23. The van der Waals surface area contributed by atoms with E-state index < -0.39 is 0 Å². The number of amides is 2. The first-order valence-corrected chi connectivity index (χ1v) is 13.7. The summed E-state index contributed by atoms with van der Waals surface area (Å²) in [5.41, 5.74) is 2.80. The second kappa shape index (κ2) is 13.0. The van der Waals surface area contributed by atoms with Crippen molar-refractivity contribution in [2.75, 3.05) is 24.5 Å². The zero-order valence-corrected chi connectivity index (χ0v) is 22.8. The highest BCUT2D eigenvalue weighted by atomic mass is 35.5. The molecular formula is C30H32ClN3O2S. The van der Waals surface area contributed by atoms with Crippen LogP contribution in [0.25, 0.3) is 6.08 Å². The molecule has 0 spiro atoms. The number of carbonyl (C=O) groups is 2. The first-order valence-electron chi connectivity index (χ1n) is 12.5. The van der Waals surface area contributed by atoms with Crippen molar-refractivity contribution in [3.63, 3.8) is 0 Å². The van der Waals surface area contributed by atoms with Crippen molar-refractivity contribution in [1.82, 2.24) is 10.2 Å². The first kappa shape index (κ1) is 27.0. The number of nitrogens with zero attached hydrogens (tertiary/aromatic N) is 2. The molecule has 0 saturated carbocycles. The molecule has 37 heavy (non-hydrogen) atoms. The maximum Gasteiger partial charge on any atom is 0.265 e. The van der Waals surface area contributed by atoms with Gasteiger partial charge in [-0.15, -0.1) is 0 Å². The zero-order valence-electron chi connectivity index (χ0n) is 21.2. The predicted molar refractivity (Wildman–Crippen MR) is 154 cm³/mol. The maximum atomic E-state index is 13.4. The average molecular weight is 534 g/mol. The van der Waals surface area contributed by atoms with Crippen molar-refractivity contribution in [1.29, 1.82) is 0 Å². The molecular weight excluding hydrogens is 502 g/mol. The van der Waals surface area contributed by atoms with Crippen LogP contribution in [0.1, 0.15) is 31.4 Å². The lowest BCUT2D eigenvalue weighted by atomic mass is 10.2. The van der Waals surface area contributed by atoms with Crippen LogP contribution < -0.4 is 10.2 Å². The Labute approximate surface area is 228 Å². The van der Waals surface area contributed by atoms with E-state index in [2.05, 4.69) is 48.3 Å². The van der Waals surface area contributed by atoms with E-state index in [0.29, 0.717) is 22.5 Å². The minimum absolute atomic E-state index is 0.0336. The fraction of sp³-hybridized carbons (Fsp3) is 0.267. The fourth-order valence-electron chi connectivity index (χ4n) is 4.20. The van der Waals surface area contributed by atoms with Gasteiger partial charge in [0, 0.05) is 35.6 Å². The summed E-state index contributed by atoms with van der Waals surface area (Å²) in [5.74, 6) is -0.376. The Morgan fingerprint density at radius 3 is 2.49 bits per heavy atom. The molecule has 0 bridgehead atoms. The summed E-state index contributed by atoms with van der Waals surface area (Å²) in [6, 6.07) is 25.9. The van der Waals surface area contributed by atoms with Crippen molar-refractivity contribution in [3.05, 3.63) is 99.9 Å². The number of para-hydroxylation sites is 1. The number of thioether (sulfide) groups is 1. The number of benzene rings is 3. The van der Waals surface area contributed by atoms with Gasteiger partial charge in [0.2, 0.25) is 5.91 Å². The Morgan fingerprint density at radius 2 is 1.73 bits per heavy atom. The van der Waals surface area contributed by atoms with Crippen LogP contribution in [-0.4, -0.2) is 42.4 Å². The smallest absolute Gasteiger partial charge is 0.265 e.